The summed E-state index contributed by atoms with van der Waals surface area (Å²) in [4.78, 5) is 14.3. The van der Waals surface area contributed by atoms with E-state index in [0.29, 0.717) is 13.1 Å². The molecule has 2 amide bonds. The van der Waals surface area contributed by atoms with E-state index >= 15 is 0 Å². The highest BCUT2D eigenvalue weighted by molar-refractivity contribution is 5.91. The highest BCUT2D eigenvalue weighted by atomic mass is 16.2. The van der Waals surface area contributed by atoms with Crippen LogP contribution in [0.1, 0.15) is 68.2 Å². The van der Waals surface area contributed by atoms with E-state index in [9.17, 15) is 4.79 Å². The number of benzene rings is 1. The number of carbonyl (C=O) groups excluding carboxylic acids is 1. The largest absolute Gasteiger partial charge is 0.338 e. The molecular formula is C22H38N2O. The van der Waals surface area contributed by atoms with Crippen molar-refractivity contribution in [3.8, 4) is 0 Å². The lowest BCUT2D eigenvalue weighted by atomic mass is 9.54. The Hall–Kier alpha value is -1.51. The van der Waals surface area contributed by atoms with Crippen LogP contribution in [0.25, 0.3) is 0 Å². The van der Waals surface area contributed by atoms with Gasteiger partial charge >= 0.3 is 6.03 Å². The number of nitrogens with zero attached hydrogens (tertiary/aromatic N) is 1. The monoisotopic (exact) mass is 346 g/mol. The van der Waals surface area contributed by atoms with Crippen LogP contribution in [0.5, 0.6) is 0 Å². The van der Waals surface area contributed by atoms with Crippen LogP contribution in [0.2, 0.25) is 0 Å². The van der Waals surface area contributed by atoms with Gasteiger partial charge in [-0.3, -0.25) is 4.90 Å². The van der Waals surface area contributed by atoms with Crippen LogP contribution in [0.15, 0.2) is 30.3 Å². The molecule has 25 heavy (non-hydrogen) atoms. The minimum absolute atomic E-state index is 0.0124. The van der Waals surface area contributed by atoms with Gasteiger partial charge in [0.2, 0.25) is 0 Å². The van der Waals surface area contributed by atoms with Crippen LogP contribution in [0.4, 0.5) is 10.5 Å². The first kappa shape index (κ1) is 21.5. The molecule has 0 atom stereocenters. The van der Waals surface area contributed by atoms with Crippen molar-refractivity contribution in [3.63, 3.8) is 0 Å². The summed E-state index contributed by atoms with van der Waals surface area (Å²) < 4.78 is 0. The standard InChI is InChI=1S/C22H38N2O/c1-9-24(18-14-11-10-12-15-18)19(25)23-17-13-16-21(5,6)22(7,8)20(2,3)4/h10-12,14-15H,9,13,16-17H2,1-8H3,(H,23,25). The Bertz CT molecular complexity index is 541. The summed E-state index contributed by atoms with van der Waals surface area (Å²) in [5.41, 5.74) is 1.60. The summed E-state index contributed by atoms with van der Waals surface area (Å²) in [5.74, 6) is 0. The van der Waals surface area contributed by atoms with E-state index in [1.807, 2.05) is 37.3 Å². The van der Waals surface area contributed by atoms with E-state index in [0.717, 1.165) is 18.5 Å². The third-order valence-corrected chi connectivity index (χ3v) is 6.45. The Morgan fingerprint density at radius 2 is 1.56 bits per heavy atom. The van der Waals surface area contributed by atoms with Crippen molar-refractivity contribution >= 4 is 11.7 Å². The van der Waals surface area contributed by atoms with E-state index < -0.39 is 0 Å². The molecule has 0 aliphatic rings. The second-order valence-corrected chi connectivity index (χ2v) is 9.17. The van der Waals surface area contributed by atoms with Gasteiger partial charge in [-0.25, -0.2) is 4.79 Å². The molecule has 0 heterocycles. The predicted molar refractivity (Wildman–Crippen MR) is 109 cm³/mol. The number of hydrogen-bond acceptors (Lipinski definition) is 1. The third-order valence-electron chi connectivity index (χ3n) is 6.45. The Labute approximate surface area is 155 Å². The van der Waals surface area contributed by atoms with E-state index in [-0.39, 0.29) is 22.3 Å². The summed E-state index contributed by atoms with van der Waals surface area (Å²) in [6.07, 6.45) is 2.08. The molecule has 1 aromatic rings. The SMILES string of the molecule is CCN(C(=O)NCCCC(C)(C)C(C)(C)C(C)(C)C)c1ccccc1. The molecule has 1 N–H and O–H groups in total. The highest BCUT2D eigenvalue weighted by Gasteiger charge is 2.44. The smallest absolute Gasteiger partial charge is 0.321 e. The van der Waals surface area contributed by atoms with E-state index in [1.54, 1.807) is 4.90 Å². The topological polar surface area (TPSA) is 32.3 Å². The molecule has 0 spiro atoms. The second-order valence-electron chi connectivity index (χ2n) is 9.17. The van der Waals surface area contributed by atoms with Crippen LogP contribution in [-0.2, 0) is 0 Å². The molecule has 0 aliphatic heterocycles. The molecule has 0 radical (unpaired) electrons. The van der Waals surface area contributed by atoms with Gasteiger partial charge < -0.3 is 5.32 Å². The van der Waals surface area contributed by atoms with E-state index in [1.165, 1.54) is 0 Å². The Balaban J connectivity index is 2.56. The number of hydrogen-bond donors (Lipinski definition) is 1. The predicted octanol–water partition coefficient (Wildman–Crippen LogP) is 6.10. The maximum atomic E-state index is 12.5. The molecule has 3 nitrogen and oxygen atoms in total. The van der Waals surface area contributed by atoms with Gasteiger partial charge in [0.05, 0.1) is 0 Å². The first-order valence-corrected chi connectivity index (χ1v) is 9.54. The zero-order valence-electron chi connectivity index (χ0n) is 17.6. The quantitative estimate of drug-likeness (QED) is 0.594. The molecule has 0 bridgehead atoms. The van der Waals surface area contributed by atoms with E-state index in [4.69, 9.17) is 0 Å². The normalized spacial score (nSPS) is 12.8. The molecule has 0 saturated heterocycles. The third kappa shape index (κ3) is 5.23. The summed E-state index contributed by atoms with van der Waals surface area (Å²) in [5, 5.41) is 3.08. The number of nitrogens with one attached hydrogen (secondary N) is 1. The van der Waals surface area contributed by atoms with Gasteiger partial charge in [0, 0.05) is 18.8 Å². The second kappa shape index (κ2) is 8.25. The summed E-state index contributed by atoms with van der Waals surface area (Å²) in [6, 6.07) is 9.82. The molecule has 3 heteroatoms. The molecule has 0 saturated carbocycles. The van der Waals surface area contributed by atoms with Gasteiger partial charge in [-0.2, -0.15) is 0 Å². The van der Waals surface area contributed by atoms with Gasteiger partial charge in [0.15, 0.2) is 0 Å². The average molecular weight is 347 g/mol. The molecule has 0 fully saturated rings. The number of carbonyl (C=O) groups is 1. The van der Waals surface area contributed by atoms with Gasteiger partial charge in [-0.05, 0) is 48.1 Å². The van der Waals surface area contributed by atoms with Crippen LogP contribution in [0.3, 0.4) is 0 Å². The average Bonchev–Trinajstić information content (AvgIpc) is 2.52. The molecule has 1 aromatic carbocycles. The Kier molecular flexibility index (Phi) is 7.10. The molecule has 0 aliphatic carbocycles. The van der Waals surface area contributed by atoms with Crippen LogP contribution < -0.4 is 10.2 Å². The maximum absolute atomic E-state index is 12.5. The van der Waals surface area contributed by atoms with Crippen LogP contribution in [0, 0.1) is 16.2 Å². The Morgan fingerprint density at radius 1 is 1.00 bits per heavy atom. The van der Waals surface area contributed by atoms with Crippen molar-refractivity contribution in [2.24, 2.45) is 16.2 Å². The summed E-state index contributed by atoms with van der Waals surface area (Å²) in [6.45, 7) is 19.7. The fourth-order valence-corrected chi connectivity index (χ4v) is 3.20. The van der Waals surface area contributed by atoms with E-state index in [2.05, 4.69) is 53.8 Å². The first-order chi connectivity index (χ1) is 11.4. The van der Waals surface area contributed by atoms with Crippen LogP contribution in [-0.4, -0.2) is 19.1 Å². The lowest BCUT2D eigenvalue weighted by molar-refractivity contribution is -0.0142. The van der Waals surface area contributed by atoms with Crippen molar-refractivity contribution in [1.29, 1.82) is 0 Å². The van der Waals surface area contributed by atoms with Crippen LogP contribution >= 0.6 is 0 Å². The molecule has 1 rings (SSSR count). The molecular weight excluding hydrogens is 308 g/mol. The van der Waals surface area contributed by atoms with Crippen molar-refractivity contribution in [1.82, 2.24) is 5.32 Å². The van der Waals surface area contributed by atoms with Crippen molar-refractivity contribution in [2.75, 3.05) is 18.0 Å². The summed E-state index contributed by atoms with van der Waals surface area (Å²) in [7, 11) is 0. The zero-order valence-corrected chi connectivity index (χ0v) is 17.6. The summed E-state index contributed by atoms with van der Waals surface area (Å²) >= 11 is 0. The van der Waals surface area contributed by atoms with Gasteiger partial charge in [0.1, 0.15) is 0 Å². The fourth-order valence-electron chi connectivity index (χ4n) is 3.20. The Morgan fingerprint density at radius 3 is 2.04 bits per heavy atom. The minimum Gasteiger partial charge on any atom is -0.338 e. The number of anilines is 1. The fraction of sp³-hybridized carbons (Fsp3) is 0.682. The first-order valence-electron chi connectivity index (χ1n) is 9.54. The van der Waals surface area contributed by atoms with Crippen molar-refractivity contribution < 1.29 is 4.79 Å². The van der Waals surface area contributed by atoms with Gasteiger partial charge in [-0.1, -0.05) is 66.7 Å². The molecule has 0 aromatic heterocycles. The lowest BCUT2D eigenvalue weighted by Crippen LogP contribution is -2.44. The number of para-hydroxylation sites is 1. The van der Waals surface area contributed by atoms with Crippen molar-refractivity contribution in [3.05, 3.63) is 30.3 Å². The zero-order chi connectivity index (χ0) is 19.3. The van der Waals surface area contributed by atoms with Crippen molar-refractivity contribution in [2.45, 2.75) is 68.2 Å². The number of amides is 2. The van der Waals surface area contributed by atoms with Gasteiger partial charge in [0.25, 0.3) is 0 Å². The molecule has 142 valence electrons. The number of urea groups is 1. The number of rotatable bonds is 7. The highest BCUT2D eigenvalue weighted by Crippen LogP contribution is 2.53. The van der Waals surface area contributed by atoms with Gasteiger partial charge in [-0.15, -0.1) is 0 Å². The lowest BCUT2D eigenvalue weighted by Gasteiger charge is -2.51. The minimum atomic E-state index is -0.0124. The molecule has 0 unspecified atom stereocenters. The maximum Gasteiger partial charge on any atom is 0.321 e.